The van der Waals surface area contributed by atoms with E-state index in [1.165, 1.54) is 43.5 Å². The van der Waals surface area contributed by atoms with E-state index in [1.807, 2.05) is 0 Å². The Balaban J connectivity index is 1.46. The van der Waals surface area contributed by atoms with Crippen molar-refractivity contribution in [3.8, 4) is 0 Å². The van der Waals surface area contributed by atoms with Gasteiger partial charge in [0.15, 0.2) is 0 Å². The Kier molecular flexibility index (Phi) is 3.95. The number of fused-ring (bicyclic) bond motifs is 1. The van der Waals surface area contributed by atoms with Crippen LogP contribution >= 0.6 is 0 Å². The minimum Gasteiger partial charge on any atom is -0.480 e. The third-order valence-corrected chi connectivity index (χ3v) is 6.04. The van der Waals surface area contributed by atoms with E-state index in [9.17, 15) is 5.11 Å². The van der Waals surface area contributed by atoms with Crippen LogP contribution in [0.1, 0.15) is 25.7 Å². The normalized spacial score (nSPS) is 30.3. The van der Waals surface area contributed by atoms with Gasteiger partial charge in [0, 0.05) is 30.8 Å². The van der Waals surface area contributed by atoms with E-state index in [0.29, 0.717) is 6.04 Å². The third-order valence-electron chi connectivity index (χ3n) is 6.04. The molecule has 0 saturated carbocycles. The van der Waals surface area contributed by atoms with E-state index >= 15 is 0 Å². The van der Waals surface area contributed by atoms with Gasteiger partial charge >= 0.3 is 0 Å². The van der Waals surface area contributed by atoms with Crippen molar-refractivity contribution in [2.75, 3.05) is 45.9 Å². The summed E-state index contributed by atoms with van der Waals surface area (Å²) in [4.78, 5) is 4.90. The Morgan fingerprint density at radius 2 is 1.84 bits per heavy atom. The third kappa shape index (κ3) is 2.75. The number of morpholine rings is 1. The smallest absolute Gasteiger partial charge is 0.286 e. The molecule has 5 nitrogen and oxygen atoms in total. The van der Waals surface area contributed by atoms with E-state index in [0.717, 1.165) is 56.2 Å². The maximum atomic E-state index is 10.5. The Labute approximate surface area is 148 Å². The summed E-state index contributed by atoms with van der Waals surface area (Å²) >= 11 is 0. The zero-order chi connectivity index (χ0) is 16.8. The second kappa shape index (κ2) is 6.31. The average molecular weight is 342 g/mol. The summed E-state index contributed by atoms with van der Waals surface area (Å²) in [6.45, 7) is 6.44. The van der Waals surface area contributed by atoms with E-state index < -0.39 is 0 Å². The zero-order valence-electron chi connectivity index (χ0n) is 14.7. The number of aliphatic hydroxyl groups excluding tert-OH is 1. The molecule has 5 aliphatic rings. The second-order valence-electron chi connectivity index (χ2n) is 7.64. The molecule has 25 heavy (non-hydrogen) atoms. The molecule has 4 heterocycles. The first-order chi connectivity index (χ1) is 12.3. The van der Waals surface area contributed by atoms with Gasteiger partial charge in [0.25, 0.3) is 5.95 Å². The summed E-state index contributed by atoms with van der Waals surface area (Å²) in [7, 11) is 0. The lowest BCUT2D eigenvalue weighted by molar-refractivity contribution is 0.0404. The molecule has 0 radical (unpaired) electrons. The van der Waals surface area contributed by atoms with Crippen LogP contribution in [0.2, 0.25) is 0 Å². The summed E-state index contributed by atoms with van der Waals surface area (Å²) in [5.74, 6) is 1.01. The highest BCUT2D eigenvalue weighted by molar-refractivity contribution is 5.56. The fourth-order valence-electron chi connectivity index (χ4n) is 4.88. The van der Waals surface area contributed by atoms with Crippen molar-refractivity contribution in [1.82, 2.24) is 9.80 Å². The summed E-state index contributed by atoms with van der Waals surface area (Å²) in [5, 5.41) is 10.5. The number of allylic oxidation sites excluding steroid dienone is 1. The van der Waals surface area contributed by atoms with Crippen LogP contribution in [0.15, 0.2) is 46.1 Å². The van der Waals surface area contributed by atoms with E-state index in [-0.39, 0.29) is 5.95 Å². The number of ether oxygens (including phenoxy) is 2. The largest absolute Gasteiger partial charge is 0.480 e. The Morgan fingerprint density at radius 1 is 1.04 bits per heavy atom. The zero-order valence-corrected chi connectivity index (χ0v) is 14.7. The van der Waals surface area contributed by atoms with Gasteiger partial charge in [-0.05, 0) is 56.0 Å². The Bertz CT molecular complexity index is 696. The van der Waals surface area contributed by atoms with Crippen LogP contribution in [0.25, 0.3) is 0 Å². The molecule has 1 N–H and O–H groups in total. The van der Waals surface area contributed by atoms with Gasteiger partial charge in [-0.2, -0.15) is 0 Å². The Morgan fingerprint density at radius 3 is 2.68 bits per heavy atom. The number of hydrogen-bond donors (Lipinski definition) is 1. The van der Waals surface area contributed by atoms with Crippen LogP contribution in [0.5, 0.6) is 0 Å². The highest BCUT2D eigenvalue weighted by atomic mass is 16.6. The van der Waals surface area contributed by atoms with Crippen LogP contribution in [0, 0.1) is 0 Å². The van der Waals surface area contributed by atoms with Crippen LogP contribution in [0.4, 0.5) is 0 Å². The maximum Gasteiger partial charge on any atom is 0.286 e. The molecule has 0 bridgehead atoms. The number of hydrogen-bond acceptors (Lipinski definition) is 5. The molecule has 1 aliphatic carbocycles. The highest BCUT2D eigenvalue weighted by Gasteiger charge is 2.39. The van der Waals surface area contributed by atoms with Crippen molar-refractivity contribution in [3.63, 3.8) is 0 Å². The van der Waals surface area contributed by atoms with Crippen molar-refractivity contribution in [2.24, 2.45) is 0 Å². The van der Waals surface area contributed by atoms with Crippen LogP contribution in [0.3, 0.4) is 0 Å². The monoisotopic (exact) mass is 342 g/mol. The predicted molar refractivity (Wildman–Crippen MR) is 95.0 cm³/mol. The molecule has 4 aliphatic heterocycles. The van der Waals surface area contributed by atoms with Gasteiger partial charge in [-0.3, -0.25) is 9.80 Å². The van der Waals surface area contributed by atoms with Crippen molar-refractivity contribution in [2.45, 2.75) is 31.7 Å². The molecule has 0 aromatic heterocycles. The number of nitrogens with zero attached hydrogens (tertiary/aromatic N) is 2. The fraction of sp³-hybridized carbons (Fsp3) is 0.600. The summed E-state index contributed by atoms with van der Waals surface area (Å²) < 4.78 is 11.4. The SMILES string of the molecule is OC1=C(CN2CCOCC2)C=C2C=C3CCCN4CCCC(=C2O1)C34. The van der Waals surface area contributed by atoms with Gasteiger partial charge in [-0.15, -0.1) is 0 Å². The average Bonchev–Trinajstić information content (AvgIpc) is 2.64. The predicted octanol–water partition coefficient (Wildman–Crippen LogP) is 2.50. The fourth-order valence-corrected chi connectivity index (χ4v) is 4.88. The molecule has 5 rings (SSSR count). The van der Waals surface area contributed by atoms with Crippen molar-refractivity contribution < 1.29 is 14.6 Å². The quantitative estimate of drug-likeness (QED) is 0.835. The lowest BCUT2D eigenvalue weighted by Crippen LogP contribution is -2.47. The molecular formula is C20H26N2O3. The Hall–Kier alpha value is -1.56. The maximum absolute atomic E-state index is 10.5. The summed E-state index contributed by atoms with van der Waals surface area (Å²) in [6, 6.07) is 0.420. The minimum atomic E-state index is 0.0857. The van der Waals surface area contributed by atoms with Gasteiger partial charge in [0.05, 0.1) is 19.3 Å². The molecule has 0 aromatic carbocycles. The van der Waals surface area contributed by atoms with E-state index in [4.69, 9.17) is 9.47 Å². The molecule has 1 atom stereocenters. The van der Waals surface area contributed by atoms with Gasteiger partial charge in [0.1, 0.15) is 5.76 Å². The first-order valence-corrected chi connectivity index (χ1v) is 9.59. The van der Waals surface area contributed by atoms with Crippen LogP contribution in [-0.4, -0.2) is 66.9 Å². The first kappa shape index (κ1) is 15.7. The van der Waals surface area contributed by atoms with E-state index in [1.54, 1.807) is 0 Å². The molecular weight excluding hydrogens is 316 g/mol. The number of aliphatic hydroxyl groups is 1. The van der Waals surface area contributed by atoms with Gasteiger partial charge in [-0.1, -0.05) is 6.08 Å². The highest BCUT2D eigenvalue weighted by Crippen LogP contribution is 2.44. The molecule has 1 unspecified atom stereocenters. The summed E-state index contributed by atoms with van der Waals surface area (Å²) in [5.41, 5.74) is 4.96. The van der Waals surface area contributed by atoms with Gasteiger partial charge < -0.3 is 14.6 Å². The molecule has 134 valence electrons. The van der Waals surface area contributed by atoms with Gasteiger partial charge in [-0.25, -0.2) is 0 Å². The topological polar surface area (TPSA) is 45.2 Å². The van der Waals surface area contributed by atoms with E-state index in [2.05, 4.69) is 22.0 Å². The molecule has 3 fully saturated rings. The van der Waals surface area contributed by atoms with Crippen molar-refractivity contribution in [3.05, 3.63) is 46.1 Å². The molecule has 0 aromatic rings. The summed E-state index contributed by atoms with van der Waals surface area (Å²) in [6.07, 6.45) is 9.17. The standard InChI is InChI=1S/C20H26N2O3/c23-20-16(13-21-7-9-24-10-8-21)12-15-11-14-3-1-5-22-6-2-4-17(18(14)22)19(15)25-20/h11-12,18,23H,1-10,13H2. The molecule has 3 saturated heterocycles. The van der Waals surface area contributed by atoms with Crippen molar-refractivity contribution in [1.29, 1.82) is 0 Å². The minimum absolute atomic E-state index is 0.0857. The van der Waals surface area contributed by atoms with Gasteiger partial charge in [0.2, 0.25) is 0 Å². The lowest BCUT2D eigenvalue weighted by Gasteiger charge is -2.45. The molecule has 0 amide bonds. The van der Waals surface area contributed by atoms with Crippen molar-refractivity contribution >= 4 is 0 Å². The first-order valence-electron chi connectivity index (χ1n) is 9.59. The number of rotatable bonds is 2. The molecule has 0 spiro atoms. The van der Waals surface area contributed by atoms with Crippen LogP contribution < -0.4 is 0 Å². The lowest BCUT2D eigenvalue weighted by atomic mass is 9.78. The molecule has 5 heteroatoms. The second-order valence-corrected chi connectivity index (χ2v) is 7.64. The van der Waals surface area contributed by atoms with Crippen LogP contribution in [-0.2, 0) is 9.47 Å². The number of piperidine rings is 2.